The molecule has 0 unspecified atom stereocenters. The van der Waals surface area contributed by atoms with E-state index in [1.165, 1.54) is 12.3 Å². The number of hydrogen-bond donors (Lipinski definition) is 0. The Morgan fingerprint density at radius 3 is 3.18 bits per heavy atom. The molecule has 2 rings (SSSR count). The lowest BCUT2D eigenvalue weighted by Gasteiger charge is -2.32. The molecule has 0 bridgehead atoms. The SMILES string of the molecule is CO[C@H]1CCCN(C(=O)c2ccncc2F)C1. The molecule has 0 aliphatic carbocycles. The molecule has 1 fully saturated rings. The van der Waals surface area contributed by atoms with Gasteiger partial charge in [-0.15, -0.1) is 0 Å². The first-order valence-corrected chi connectivity index (χ1v) is 5.64. The van der Waals surface area contributed by atoms with Crippen LogP contribution >= 0.6 is 0 Å². The number of rotatable bonds is 2. The predicted octanol–water partition coefficient (Wildman–Crippen LogP) is 1.47. The van der Waals surface area contributed by atoms with Crippen molar-refractivity contribution in [2.45, 2.75) is 18.9 Å². The summed E-state index contributed by atoms with van der Waals surface area (Å²) in [5.74, 6) is -0.858. The smallest absolute Gasteiger partial charge is 0.257 e. The van der Waals surface area contributed by atoms with Gasteiger partial charge in [-0.1, -0.05) is 0 Å². The van der Waals surface area contributed by atoms with E-state index in [-0.39, 0.29) is 17.6 Å². The van der Waals surface area contributed by atoms with E-state index in [9.17, 15) is 9.18 Å². The van der Waals surface area contributed by atoms with Crippen molar-refractivity contribution in [3.63, 3.8) is 0 Å². The van der Waals surface area contributed by atoms with Gasteiger partial charge in [0.05, 0.1) is 17.9 Å². The Hall–Kier alpha value is -1.49. The molecule has 0 aromatic carbocycles. The molecule has 1 atom stereocenters. The summed E-state index contributed by atoms with van der Waals surface area (Å²) in [6, 6.07) is 1.41. The van der Waals surface area contributed by atoms with E-state index in [0.717, 1.165) is 19.0 Å². The highest BCUT2D eigenvalue weighted by atomic mass is 19.1. The van der Waals surface area contributed by atoms with E-state index in [1.54, 1.807) is 12.0 Å². The normalized spacial score (nSPS) is 20.4. The van der Waals surface area contributed by atoms with Crippen LogP contribution in [0.1, 0.15) is 23.2 Å². The van der Waals surface area contributed by atoms with Gasteiger partial charge in [0.15, 0.2) is 5.82 Å². The van der Waals surface area contributed by atoms with Crippen molar-refractivity contribution in [2.24, 2.45) is 0 Å². The Balaban J connectivity index is 2.12. The maximum atomic E-state index is 13.4. The summed E-state index contributed by atoms with van der Waals surface area (Å²) >= 11 is 0. The summed E-state index contributed by atoms with van der Waals surface area (Å²) in [7, 11) is 1.63. The Kier molecular flexibility index (Phi) is 3.68. The highest BCUT2D eigenvalue weighted by Crippen LogP contribution is 2.16. The molecule has 5 heteroatoms. The van der Waals surface area contributed by atoms with Crippen molar-refractivity contribution < 1.29 is 13.9 Å². The van der Waals surface area contributed by atoms with E-state index in [0.29, 0.717) is 13.1 Å². The van der Waals surface area contributed by atoms with Crippen LogP contribution in [0.3, 0.4) is 0 Å². The zero-order chi connectivity index (χ0) is 12.3. The number of amides is 1. The topological polar surface area (TPSA) is 42.4 Å². The van der Waals surface area contributed by atoms with Crippen LogP contribution in [-0.2, 0) is 4.74 Å². The summed E-state index contributed by atoms with van der Waals surface area (Å²) in [4.78, 5) is 17.4. The van der Waals surface area contributed by atoms with Crippen LogP contribution in [0.5, 0.6) is 0 Å². The molecule has 4 nitrogen and oxygen atoms in total. The molecule has 1 saturated heterocycles. The van der Waals surface area contributed by atoms with Gasteiger partial charge in [0, 0.05) is 26.4 Å². The zero-order valence-electron chi connectivity index (χ0n) is 9.73. The average molecular weight is 238 g/mol. The van der Waals surface area contributed by atoms with Crippen molar-refractivity contribution in [3.8, 4) is 0 Å². The second-order valence-electron chi connectivity index (χ2n) is 4.11. The number of methoxy groups -OCH3 is 1. The van der Waals surface area contributed by atoms with Gasteiger partial charge in [0.2, 0.25) is 0 Å². The molecule has 1 aliphatic rings. The minimum absolute atomic E-state index is 0.0533. The zero-order valence-corrected chi connectivity index (χ0v) is 9.73. The van der Waals surface area contributed by atoms with E-state index in [4.69, 9.17) is 4.74 Å². The quantitative estimate of drug-likeness (QED) is 0.783. The lowest BCUT2D eigenvalue weighted by atomic mass is 10.1. The molecule has 1 aromatic rings. The van der Waals surface area contributed by atoms with Gasteiger partial charge in [-0.25, -0.2) is 4.39 Å². The van der Waals surface area contributed by atoms with Crippen LogP contribution in [0.4, 0.5) is 4.39 Å². The maximum absolute atomic E-state index is 13.4. The number of nitrogens with zero attached hydrogens (tertiary/aromatic N) is 2. The molecule has 1 amide bonds. The Morgan fingerprint density at radius 1 is 1.65 bits per heavy atom. The van der Waals surface area contributed by atoms with Gasteiger partial charge < -0.3 is 9.64 Å². The van der Waals surface area contributed by atoms with Crippen molar-refractivity contribution in [1.29, 1.82) is 0 Å². The summed E-state index contributed by atoms with van der Waals surface area (Å²) in [5, 5.41) is 0. The molecular formula is C12H15FN2O2. The van der Waals surface area contributed by atoms with Gasteiger partial charge in [0.1, 0.15) is 0 Å². The number of halogens is 1. The number of aromatic nitrogens is 1. The number of piperidine rings is 1. The summed E-state index contributed by atoms with van der Waals surface area (Å²) in [5.41, 5.74) is 0.0803. The third-order valence-corrected chi connectivity index (χ3v) is 3.00. The monoisotopic (exact) mass is 238 g/mol. The van der Waals surface area contributed by atoms with Crippen LogP contribution in [-0.4, -0.2) is 42.1 Å². The standard InChI is InChI=1S/C12H15FN2O2/c1-17-9-3-2-6-15(8-9)12(16)10-4-5-14-7-11(10)13/h4-5,7,9H,2-3,6,8H2,1H3/t9-/m0/s1. The van der Waals surface area contributed by atoms with E-state index in [1.807, 2.05) is 0 Å². The third kappa shape index (κ3) is 2.61. The number of pyridine rings is 1. The number of carbonyl (C=O) groups excluding carboxylic acids is 1. The van der Waals surface area contributed by atoms with Crippen molar-refractivity contribution in [2.75, 3.05) is 20.2 Å². The van der Waals surface area contributed by atoms with Crippen LogP contribution in [0.15, 0.2) is 18.5 Å². The van der Waals surface area contributed by atoms with E-state index < -0.39 is 5.82 Å². The fourth-order valence-corrected chi connectivity index (χ4v) is 2.03. The summed E-state index contributed by atoms with van der Waals surface area (Å²) in [6.45, 7) is 1.18. The molecule has 0 radical (unpaired) electrons. The molecule has 0 saturated carbocycles. The van der Waals surface area contributed by atoms with Gasteiger partial charge >= 0.3 is 0 Å². The van der Waals surface area contributed by atoms with Gasteiger partial charge in [-0.05, 0) is 18.9 Å². The Morgan fingerprint density at radius 2 is 2.47 bits per heavy atom. The minimum atomic E-state index is -0.572. The van der Waals surface area contributed by atoms with Crippen LogP contribution < -0.4 is 0 Å². The number of ether oxygens (including phenoxy) is 1. The fraction of sp³-hybridized carbons (Fsp3) is 0.500. The van der Waals surface area contributed by atoms with Crippen LogP contribution in [0.25, 0.3) is 0 Å². The highest BCUT2D eigenvalue weighted by molar-refractivity contribution is 5.94. The molecule has 1 aromatic heterocycles. The first kappa shape index (κ1) is 12.0. The molecular weight excluding hydrogens is 223 g/mol. The lowest BCUT2D eigenvalue weighted by Crippen LogP contribution is -2.43. The van der Waals surface area contributed by atoms with Gasteiger partial charge in [0.25, 0.3) is 5.91 Å². The Labute approximate surface area is 99.4 Å². The van der Waals surface area contributed by atoms with Crippen LogP contribution in [0, 0.1) is 5.82 Å². The highest BCUT2D eigenvalue weighted by Gasteiger charge is 2.25. The van der Waals surface area contributed by atoms with Crippen molar-refractivity contribution in [1.82, 2.24) is 9.88 Å². The molecule has 0 N–H and O–H groups in total. The van der Waals surface area contributed by atoms with E-state index in [2.05, 4.69) is 4.98 Å². The van der Waals surface area contributed by atoms with Crippen molar-refractivity contribution in [3.05, 3.63) is 29.8 Å². The molecule has 17 heavy (non-hydrogen) atoms. The number of hydrogen-bond acceptors (Lipinski definition) is 3. The van der Waals surface area contributed by atoms with Crippen LogP contribution in [0.2, 0.25) is 0 Å². The molecule has 1 aliphatic heterocycles. The maximum Gasteiger partial charge on any atom is 0.257 e. The summed E-state index contributed by atoms with van der Waals surface area (Å²) in [6.07, 6.45) is 4.37. The fourth-order valence-electron chi connectivity index (χ4n) is 2.03. The summed E-state index contributed by atoms with van der Waals surface area (Å²) < 4.78 is 18.7. The predicted molar refractivity (Wildman–Crippen MR) is 60.1 cm³/mol. The molecule has 2 heterocycles. The Bertz CT molecular complexity index is 411. The first-order chi connectivity index (χ1) is 8.22. The third-order valence-electron chi connectivity index (χ3n) is 3.00. The average Bonchev–Trinajstić information content (AvgIpc) is 2.38. The minimum Gasteiger partial charge on any atom is -0.380 e. The lowest BCUT2D eigenvalue weighted by molar-refractivity contribution is 0.0266. The second kappa shape index (κ2) is 5.23. The van der Waals surface area contributed by atoms with E-state index >= 15 is 0 Å². The largest absolute Gasteiger partial charge is 0.380 e. The molecule has 92 valence electrons. The van der Waals surface area contributed by atoms with Gasteiger partial charge in [-0.3, -0.25) is 9.78 Å². The number of likely N-dealkylation sites (tertiary alicyclic amines) is 1. The van der Waals surface area contributed by atoms with Gasteiger partial charge in [-0.2, -0.15) is 0 Å². The first-order valence-electron chi connectivity index (χ1n) is 5.64. The second-order valence-corrected chi connectivity index (χ2v) is 4.11. The molecule has 0 spiro atoms. The van der Waals surface area contributed by atoms with Crippen molar-refractivity contribution >= 4 is 5.91 Å². The number of carbonyl (C=O) groups is 1.